The summed E-state index contributed by atoms with van der Waals surface area (Å²) in [6.45, 7) is 8.77. The molecule has 0 aliphatic heterocycles. The zero-order valence-corrected chi connectivity index (χ0v) is 21.2. The molecule has 0 bridgehead atoms. The van der Waals surface area contributed by atoms with Crippen molar-refractivity contribution in [1.82, 2.24) is 19.2 Å². The zero-order valence-electron chi connectivity index (χ0n) is 20.4. The first-order valence-electron chi connectivity index (χ1n) is 11.8. The molecule has 0 N–H and O–H groups in total. The molecule has 8 heteroatoms. The van der Waals surface area contributed by atoms with E-state index in [9.17, 15) is 9.59 Å². The maximum atomic E-state index is 14.1. The summed E-state index contributed by atoms with van der Waals surface area (Å²) in [4.78, 5) is 31.2. The van der Waals surface area contributed by atoms with Gasteiger partial charge in [0.1, 0.15) is 0 Å². The van der Waals surface area contributed by atoms with Gasteiger partial charge >= 0.3 is 5.97 Å². The van der Waals surface area contributed by atoms with Crippen LogP contribution in [0.1, 0.15) is 43.0 Å². The molecule has 2 aromatic heterocycles. The van der Waals surface area contributed by atoms with Gasteiger partial charge in [-0.25, -0.2) is 14.1 Å². The van der Waals surface area contributed by atoms with Gasteiger partial charge in [0, 0.05) is 11.0 Å². The Kier molecular flexibility index (Phi) is 6.01. The number of thioether (sulfide) groups is 1. The summed E-state index contributed by atoms with van der Waals surface area (Å²) in [5.41, 5.74) is 5.27. The lowest BCUT2D eigenvalue weighted by Gasteiger charge is -2.32. The fourth-order valence-electron chi connectivity index (χ4n) is 4.80. The van der Waals surface area contributed by atoms with Crippen LogP contribution in [-0.4, -0.2) is 37.5 Å². The number of rotatable bonds is 6. The molecular formula is C27H28N4O3S. The van der Waals surface area contributed by atoms with Crippen molar-refractivity contribution < 1.29 is 9.53 Å². The largest absolute Gasteiger partial charge is 0.465 e. The van der Waals surface area contributed by atoms with Crippen molar-refractivity contribution in [2.45, 2.75) is 51.2 Å². The van der Waals surface area contributed by atoms with Crippen LogP contribution in [0.5, 0.6) is 0 Å². The van der Waals surface area contributed by atoms with Crippen molar-refractivity contribution in [3.63, 3.8) is 0 Å². The van der Waals surface area contributed by atoms with Crippen LogP contribution in [0.3, 0.4) is 0 Å². The van der Waals surface area contributed by atoms with E-state index < -0.39 is 5.41 Å². The lowest BCUT2D eigenvalue weighted by Crippen LogP contribution is -2.36. The highest BCUT2D eigenvalue weighted by atomic mass is 32.2. The van der Waals surface area contributed by atoms with Gasteiger partial charge in [0.25, 0.3) is 5.56 Å². The first kappa shape index (κ1) is 23.4. The Bertz CT molecular complexity index is 1500. The molecule has 0 spiro atoms. The molecule has 1 aliphatic rings. The minimum Gasteiger partial charge on any atom is -0.465 e. The second kappa shape index (κ2) is 9.00. The SMILES string of the molecule is CCOC(=O)CSc1nn(Cc2ccccc2C)c2nc3c(c(=O)n12)C(C)(C)Cc1ccccc1-3. The third-order valence-corrected chi connectivity index (χ3v) is 7.38. The second-order valence-corrected chi connectivity index (χ2v) is 10.4. The summed E-state index contributed by atoms with van der Waals surface area (Å²) in [5, 5.41) is 5.21. The molecule has 1 aliphatic carbocycles. The molecule has 4 aromatic rings. The number of ether oxygens (including phenoxy) is 1. The van der Waals surface area contributed by atoms with Crippen LogP contribution in [0.15, 0.2) is 58.5 Å². The normalized spacial score (nSPS) is 13.9. The molecule has 0 saturated carbocycles. The number of carbonyl (C=O) groups excluding carboxylic acids is 1. The first-order valence-corrected chi connectivity index (χ1v) is 12.7. The predicted molar refractivity (Wildman–Crippen MR) is 137 cm³/mol. The van der Waals surface area contributed by atoms with Crippen LogP contribution in [0, 0.1) is 6.92 Å². The van der Waals surface area contributed by atoms with E-state index in [1.54, 1.807) is 16.0 Å². The number of benzene rings is 2. The second-order valence-electron chi connectivity index (χ2n) is 9.45. The summed E-state index contributed by atoms with van der Waals surface area (Å²) in [7, 11) is 0. The highest BCUT2D eigenvalue weighted by molar-refractivity contribution is 7.99. The van der Waals surface area contributed by atoms with E-state index >= 15 is 0 Å². The molecule has 180 valence electrons. The fourth-order valence-corrected chi connectivity index (χ4v) is 5.58. The molecule has 0 unspecified atom stereocenters. The summed E-state index contributed by atoms with van der Waals surface area (Å²) < 4.78 is 8.42. The summed E-state index contributed by atoms with van der Waals surface area (Å²) in [6, 6.07) is 16.2. The number of aryl methyl sites for hydroxylation is 1. The molecular weight excluding hydrogens is 460 g/mol. The monoisotopic (exact) mass is 488 g/mol. The van der Waals surface area contributed by atoms with E-state index in [4.69, 9.17) is 14.8 Å². The molecule has 2 heterocycles. The van der Waals surface area contributed by atoms with Crippen molar-refractivity contribution in [2.75, 3.05) is 12.4 Å². The number of hydrogen-bond donors (Lipinski definition) is 0. The molecule has 0 atom stereocenters. The average Bonchev–Trinajstić information content (AvgIpc) is 3.16. The number of carbonyl (C=O) groups is 1. The Balaban J connectivity index is 1.73. The van der Waals surface area contributed by atoms with Crippen molar-refractivity contribution in [3.05, 3.63) is 81.1 Å². The van der Waals surface area contributed by atoms with E-state index in [2.05, 4.69) is 32.9 Å². The minimum absolute atomic E-state index is 0.0695. The number of hydrogen-bond acceptors (Lipinski definition) is 6. The van der Waals surface area contributed by atoms with Crippen molar-refractivity contribution in [3.8, 4) is 11.3 Å². The highest BCUT2D eigenvalue weighted by Crippen LogP contribution is 2.40. The standard InChI is InChI=1S/C27H28N4O3S/c1-5-34-21(32)16-35-26-29-30(15-19-12-7-6-10-17(19)2)25-28-23-20-13-9-8-11-18(20)14-27(3,4)22(23)24(33)31(25)26/h6-13H,5,14-16H2,1-4H3. The van der Waals surface area contributed by atoms with Crippen molar-refractivity contribution in [1.29, 1.82) is 0 Å². The Morgan fingerprint density at radius 3 is 2.66 bits per heavy atom. The van der Waals surface area contributed by atoms with Gasteiger partial charge in [0.15, 0.2) is 5.16 Å². The van der Waals surface area contributed by atoms with Gasteiger partial charge in [-0.2, -0.15) is 0 Å². The van der Waals surface area contributed by atoms with Crippen LogP contribution in [-0.2, 0) is 27.9 Å². The summed E-state index contributed by atoms with van der Waals surface area (Å²) in [6.07, 6.45) is 0.752. The molecule has 2 aromatic carbocycles. The maximum absolute atomic E-state index is 14.1. The van der Waals surface area contributed by atoms with E-state index in [0.717, 1.165) is 28.8 Å². The number of aromatic nitrogens is 4. The summed E-state index contributed by atoms with van der Waals surface area (Å²) >= 11 is 1.20. The zero-order chi connectivity index (χ0) is 24.7. The third kappa shape index (κ3) is 4.16. The van der Waals surface area contributed by atoms with Crippen LogP contribution in [0.2, 0.25) is 0 Å². The lowest BCUT2D eigenvalue weighted by atomic mass is 9.72. The number of fused-ring (bicyclic) bond motifs is 4. The van der Waals surface area contributed by atoms with E-state index in [1.807, 2.05) is 36.4 Å². The third-order valence-electron chi connectivity index (χ3n) is 6.48. The Hall–Kier alpha value is -3.39. The van der Waals surface area contributed by atoms with Gasteiger partial charge in [-0.15, -0.1) is 5.10 Å². The number of nitrogens with zero attached hydrogens (tertiary/aromatic N) is 4. The van der Waals surface area contributed by atoms with Crippen LogP contribution in [0.4, 0.5) is 0 Å². The van der Waals surface area contributed by atoms with Gasteiger partial charge < -0.3 is 4.74 Å². The Labute approximate surface area is 208 Å². The maximum Gasteiger partial charge on any atom is 0.316 e. The van der Waals surface area contributed by atoms with Gasteiger partial charge in [0.05, 0.1) is 30.2 Å². The quantitative estimate of drug-likeness (QED) is 0.296. The number of esters is 1. The van der Waals surface area contributed by atoms with Gasteiger partial charge in [-0.1, -0.05) is 74.1 Å². The van der Waals surface area contributed by atoms with E-state index in [1.165, 1.54) is 17.3 Å². The molecule has 0 amide bonds. The van der Waals surface area contributed by atoms with E-state index in [-0.39, 0.29) is 17.3 Å². The molecule has 0 saturated heterocycles. The summed E-state index contributed by atoms with van der Waals surface area (Å²) in [5.74, 6) is 0.197. The Morgan fingerprint density at radius 1 is 1.14 bits per heavy atom. The van der Waals surface area contributed by atoms with Crippen LogP contribution in [0.25, 0.3) is 17.0 Å². The van der Waals surface area contributed by atoms with Gasteiger partial charge in [0.2, 0.25) is 5.78 Å². The molecule has 0 radical (unpaired) electrons. The van der Waals surface area contributed by atoms with Crippen molar-refractivity contribution >= 4 is 23.5 Å². The predicted octanol–water partition coefficient (Wildman–Crippen LogP) is 4.40. The van der Waals surface area contributed by atoms with Crippen LogP contribution >= 0.6 is 11.8 Å². The van der Waals surface area contributed by atoms with Gasteiger partial charge in [-0.05, 0) is 37.0 Å². The topological polar surface area (TPSA) is 78.5 Å². The lowest BCUT2D eigenvalue weighted by molar-refractivity contribution is -0.139. The fraction of sp³-hybridized carbons (Fsp3) is 0.333. The average molecular weight is 489 g/mol. The molecule has 7 nitrogen and oxygen atoms in total. The molecule has 35 heavy (non-hydrogen) atoms. The molecule has 5 rings (SSSR count). The highest BCUT2D eigenvalue weighted by Gasteiger charge is 2.36. The smallest absolute Gasteiger partial charge is 0.316 e. The first-order chi connectivity index (χ1) is 16.8. The molecule has 0 fully saturated rings. The van der Waals surface area contributed by atoms with Gasteiger partial charge in [-0.3, -0.25) is 9.59 Å². The minimum atomic E-state index is -0.393. The van der Waals surface area contributed by atoms with E-state index in [0.29, 0.717) is 29.6 Å². The van der Waals surface area contributed by atoms with Crippen molar-refractivity contribution in [2.24, 2.45) is 0 Å². The van der Waals surface area contributed by atoms with Crippen LogP contribution < -0.4 is 5.56 Å². The Morgan fingerprint density at radius 2 is 1.89 bits per heavy atom.